The zero-order chi connectivity index (χ0) is 20.9. The first-order valence-electron chi connectivity index (χ1n) is 9.30. The van der Waals surface area contributed by atoms with Gasteiger partial charge >= 0.3 is 6.09 Å². The standard InChI is InChI=1S/C21H24N4O4/c1-21(25-20(28)29,12-18-23-16-9-5-6-10-17(16)24-18)19(27)22-15(13-26)11-14-7-3-2-4-8-14/h2-10,15,25-26H,11-13H2,1H3,(H,22,27)(H,23,24)(H,28,29). The Morgan fingerprint density at radius 1 is 1.14 bits per heavy atom. The first kappa shape index (κ1) is 20.3. The van der Waals surface area contributed by atoms with Gasteiger partial charge in [0.25, 0.3) is 0 Å². The maximum absolute atomic E-state index is 13.0. The van der Waals surface area contributed by atoms with Gasteiger partial charge in [-0.25, -0.2) is 9.78 Å². The highest BCUT2D eigenvalue weighted by atomic mass is 16.4. The molecule has 2 amide bonds. The van der Waals surface area contributed by atoms with Gasteiger partial charge in [-0.15, -0.1) is 0 Å². The molecular weight excluding hydrogens is 372 g/mol. The van der Waals surface area contributed by atoms with Crippen LogP contribution in [0.5, 0.6) is 0 Å². The number of amides is 2. The van der Waals surface area contributed by atoms with E-state index in [9.17, 15) is 19.8 Å². The normalized spacial score (nSPS) is 14.1. The van der Waals surface area contributed by atoms with Crippen molar-refractivity contribution >= 4 is 23.0 Å². The molecule has 0 bridgehead atoms. The molecule has 152 valence electrons. The highest BCUT2D eigenvalue weighted by molar-refractivity contribution is 5.90. The van der Waals surface area contributed by atoms with Crippen molar-refractivity contribution in [3.05, 3.63) is 66.0 Å². The first-order chi connectivity index (χ1) is 13.9. The fraction of sp³-hybridized carbons (Fsp3) is 0.286. The number of aliphatic hydroxyl groups is 1. The fourth-order valence-electron chi connectivity index (χ4n) is 3.25. The molecule has 0 spiro atoms. The molecule has 0 radical (unpaired) electrons. The van der Waals surface area contributed by atoms with E-state index in [-0.39, 0.29) is 13.0 Å². The van der Waals surface area contributed by atoms with Gasteiger partial charge in [-0.1, -0.05) is 42.5 Å². The third-order valence-corrected chi connectivity index (χ3v) is 4.72. The van der Waals surface area contributed by atoms with Gasteiger partial charge in [0.05, 0.1) is 23.7 Å². The van der Waals surface area contributed by atoms with E-state index in [2.05, 4.69) is 20.6 Å². The smallest absolute Gasteiger partial charge is 0.405 e. The van der Waals surface area contributed by atoms with Crippen molar-refractivity contribution in [2.24, 2.45) is 0 Å². The van der Waals surface area contributed by atoms with Crippen molar-refractivity contribution in [1.29, 1.82) is 0 Å². The first-order valence-corrected chi connectivity index (χ1v) is 9.30. The number of H-pyrrole nitrogens is 1. The Labute approximate surface area is 168 Å². The predicted octanol–water partition coefficient (Wildman–Crippen LogP) is 1.85. The zero-order valence-corrected chi connectivity index (χ0v) is 16.1. The fourth-order valence-corrected chi connectivity index (χ4v) is 3.25. The lowest BCUT2D eigenvalue weighted by Crippen LogP contribution is -2.60. The summed E-state index contributed by atoms with van der Waals surface area (Å²) in [7, 11) is 0. The minimum Gasteiger partial charge on any atom is -0.465 e. The second-order valence-corrected chi connectivity index (χ2v) is 7.18. The average Bonchev–Trinajstić information content (AvgIpc) is 3.09. The van der Waals surface area contributed by atoms with Crippen molar-refractivity contribution in [1.82, 2.24) is 20.6 Å². The number of rotatable bonds is 8. The number of hydrogen-bond acceptors (Lipinski definition) is 4. The highest BCUT2D eigenvalue weighted by Gasteiger charge is 2.37. The van der Waals surface area contributed by atoms with Crippen molar-refractivity contribution in [3.8, 4) is 0 Å². The number of carbonyl (C=O) groups excluding carboxylic acids is 1. The van der Waals surface area contributed by atoms with Crippen molar-refractivity contribution in [3.63, 3.8) is 0 Å². The van der Waals surface area contributed by atoms with Gasteiger partial charge in [0.1, 0.15) is 11.4 Å². The number of aromatic nitrogens is 2. The van der Waals surface area contributed by atoms with Gasteiger partial charge in [0.15, 0.2) is 0 Å². The molecule has 0 aliphatic carbocycles. The molecule has 8 nitrogen and oxygen atoms in total. The topological polar surface area (TPSA) is 127 Å². The Morgan fingerprint density at radius 3 is 2.48 bits per heavy atom. The summed E-state index contributed by atoms with van der Waals surface area (Å²) >= 11 is 0. The van der Waals surface area contributed by atoms with E-state index in [1.165, 1.54) is 6.92 Å². The molecule has 3 rings (SSSR count). The number of aromatic amines is 1. The van der Waals surface area contributed by atoms with Gasteiger partial charge in [-0.2, -0.15) is 0 Å². The molecule has 0 saturated carbocycles. The van der Waals surface area contributed by atoms with Gasteiger partial charge in [0.2, 0.25) is 5.91 Å². The van der Waals surface area contributed by atoms with Crippen LogP contribution in [0.25, 0.3) is 11.0 Å². The molecule has 0 aliphatic heterocycles. The second-order valence-electron chi connectivity index (χ2n) is 7.18. The van der Waals surface area contributed by atoms with E-state index in [1.54, 1.807) is 0 Å². The van der Waals surface area contributed by atoms with Crippen LogP contribution in [-0.2, 0) is 17.6 Å². The van der Waals surface area contributed by atoms with Crippen molar-refractivity contribution in [2.45, 2.75) is 31.3 Å². The number of carboxylic acid groups (broad SMARTS) is 1. The molecule has 5 N–H and O–H groups in total. The van der Waals surface area contributed by atoms with E-state index < -0.39 is 23.6 Å². The number of benzene rings is 2. The molecule has 1 aromatic heterocycles. The molecule has 0 saturated heterocycles. The van der Waals surface area contributed by atoms with Crippen LogP contribution in [0.15, 0.2) is 54.6 Å². The number of nitrogens with one attached hydrogen (secondary N) is 3. The van der Waals surface area contributed by atoms with Crippen LogP contribution in [0.2, 0.25) is 0 Å². The number of aliphatic hydroxyl groups excluding tert-OH is 1. The van der Waals surface area contributed by atoms with E-state index in [0.29, 0.717) is 12.2 Å². The summed E-state index contributed by atoms with van der Waals surface area (Å²) in [6, 6.07) is 16.3. The van der Waals surface area contributed by atoms with Crippen LogP contribution in [0.3, 0.4) is 0 Å². The molecule has 29 heavy (non-hydrogen) atoms. The van der Waals surface area contributed by atoms with Gasteiger partial charge < -0.3 is 25.8 Å². The Kier molecular flexibility index (Phi) is 6.13. The number of para-hydroxylation sites is 2. The summed E-state index contributed by atoms with van der Waals surface area (Å²) < 4.78 is 0. The summed E-state index contributed by atoms with van der Waals surface area (Å²) in [6.07, 6.45) is -0.859. The Morgan fingerprint density at radius 2 is 1.83 bits per heavy atom. The molecule has 1 heterocycles. The van der Waals surface area contributed by atoms with Gasteiger partial charge in [0, 0.05) is 6.42 Å². The summed E-state index contributed by atoms with van der Waals surface area (Å²) in [5.74, 6) is -0.0449. The van der Waals surface area contributed by atoms with Gasteiger partial charge in [-0.05, 0) is 31.0 Å². The average molecular weight is 396 g/mol. The number of imidazole rings is 1. The van der Waals surface area contributed by atoms with Crippen LogP contribution < -0.4 is 10.6 Å². The second kappa shape index (κ2) is 8.74. The maximum atomic E-state index is 13.0. The van der Waals surface area contributed by atoms with Gasteiger partial charge in [-0.3, -0.25) is 4.79 Å². The molecule has 2 unspecified atom stereocenters. The molecule has 0 fully saturated rings. The molecule has 2 aromatic carbocycles. The van der Waals surface area contributed by atoms with Crippen LogP contribution in [0, 0.1) is 0 Å². The molecule has 2 atom stereocenters. The van der Waals surface area contributed by atoms with E-state index in [0.717, 1.165) is 16.6 Å². The quantitative estimate of drug-likeness (QED) is 0.397. The van der Waals surface area contributed by atoms with E-state index in [1.807, 2.05) is 54.6 Å². The monoisotopic (exact) mass is 396 g/mol. The third kappa shape index (κ3) is 5.11. The summed E-state index contributed by atoms with van der Waals surface area (Å²) in [6.45, 7) is 1.23. The summed E-state index contributed by atoms with van der Waals surface area (Å²) in [4.78, 5) is 31.9. The van der Waals surface area contributed by atoms with Crippen molar-refractivity contribution < 1.29 is 19.8 Å². The van der Waals surface area contributed by atoms with E-state index in [4.69, 9.17) is 0 Å². The van der Waals surface area contributed by atoms with Crippen LogP contribution in [-0.4, -0.2) is 50.4 Å². The number of nitrogens with zero attached hydrogens (tertiary/aromatic N) is 1. The molecule has 0 aliphatic rings. The number of fused-ring (bicyclic) bond motifs is 1. The van der Waals surface area contributed by atoms with Crippen LogP contribution >= 0.6 is 0 Å². The Bertz CT molecular complexity index is 956. The van der Waals surface area contributed by atoms with E-state index >= 15 is 0 Å². The highest BCUT2D eigenvalue weighted by Crippen LogP contribution is 2.17. The Hall–Kier alpha value is -3.39. The molecule has 8 heteroatoms. The Balaban J connectivity index is 1.78. The number of carbonyl (C=O) groups is 2. The summed E-state index contributed by atoms with van der Waals surface area (Å²) in [5.41, 5.74) is 1.02. The summed E-state index contributed by atoms with van der Waals surface area (Å²) in [5, 5.41) is 24.0. The predicted molar refractivity (Wildman–Crippen MR) is 109 cm³/mol. The molecular formula is C21H24N4O4. The van der Waals surface area contributed by atoms with Crippen molar-refractivity contribution in [2.75, 3.05) is 6.61 Å². The maximum Gasteiger partial charge on any atom is 0.405 e. The number of hydrogen-bond donors (Lipinski definition) is 5. The lowest BCUT2D eigenvalue weighted by molar-refractivity contribution is -0.128. The minimum atomic E-state index is -1.47. The largest absolute Gasteiger partial charge is 0.465 e. The lowest BCUT2D eigenvalue weighted by Gasteiger charge is -2.29. The third-order valence-electron chi connectivity index (χ3n) is 4.72. The SMILES string of the molecule is CC(Cc1nc2ccccc2[nH]1)(NC(=O)O)C(=O)NC(CO)Cc1ccccc1. The lowest BCUT2D eigenvalue weighted by atomic mass is 9.95. The zero-order valence-electron chi connectivity index (χ0n) is 16.1. The van der Waals surface area contributed by atoms with Crippen LogP contribution in [0.4, 0.5) is 4.79 Å². The molecule has 3 aromatic rings. The van der Waals surface area contributed by atoms with Crippen LogP contribution in [0.1, 0.15) is 18.3 Å². The minimum absolute atomic E-state index is 0.0311.